The van der Waals surface area contributed by atoms with Gasteiger partial charge in [0.15, 0.2) is 9.84 Å². The van der Waals surface area contributed by atoms with Gasteiger partial charge in [0.1, 0.15) is 0 Å². The van der Waals surface area contributed by atoms with E-state index in [0.717, 1.165) is 21.9 Å². The molecular weight excluding hydrogens is 280 g/mol. The minimum Gasteiger partial charge on any atom is -0.223 e. The fourth-order valence-electron chi connectivity index (χ4n) is 2.61. The third-order valence-corrected chi connectivity index (χ3v) is 5.47. The van der Waals surface area contributed by atoms with Crippen molar-refractivity contribution in [3.05, 3.63) is 77.9 Å². The third-order valence-electron chi connectivity index (χ3n) is 3.65. The zero-order valence-electron chi connectivity index (χ0n) is 11.8. The Morgan fingerprint density at radius 2 is 1.48 bits per heavy atom. The summed E-state index contributed by atoms with van der Waals surface area (Å²) in [7, 11) is -3.34. The van der Waals surface area contributed by atoms with E-state index in [0.29, 0.717) is 4.90 Å². The number of hydrogen-bond acceptors (Lipinski definition) is 2. The molecule has 0 radical (unpaired) electrons. The van der Waals surface area contributed by atoms with Crippen LogP contribution in [0.4, 0.5) is 0 Å². The van der Waals surface area contributed by atoms with E-state index in [9.17, 15) is 8.42 Å². The fourth-order valence-corrected chi connectivity index (χ4v) is 4.27. The first-order valence-corrected chi connectivity index (χ1v) is 8.48. The molecule has 0 aliphatic carbocycles. The highest BCUT2D eigenvalue weighted by molar-refractivity contribution is 7.90. The predicted molar refractivity (Wildman–Crippen MR) is 86.0 cm³/mol. The highest BCUT2D eigenvalue weighted by Gasteiger charge is 2.18. The molecule has 0 aromatic heterocycles. The SMILES string of the molecule is Cc1ccccc1S(=O)(=O)Cc1cccc2ccccc12. The molecule has 2 nitrogen and oxygen atoms in total. The van der Waals surface area contributed by atoms with Gasteiger partial charge in [-0.05, 0) is 34.9 Å². The lowest BCUT2D eigenvalue weighted by atomic mass is 10.1. The molecule has 3 aromatic carbocycles. The number of aryl methyl sites for hydroxylation is 1. The maximum absolute atomic E-state index is 12.7. The van der Waals surface area contributed by atoms with Gasteiger partial charge in [-0.2, -0.15) is 0 Å². The van der Waals surface area contributed by atoms with Gasteiger partial charge in [-0.3, -0.25) is 0 Å². The Labute approximate surface area is 125 Å². The van der Waals surface area contributed by atoms with E-state index in [-0.39, 0.29) is 5.75 Å². The second-order valence-electron chi connectivity index (χ2n) is 5.16. The van der Waals surface area contributed by atoms with E-state index in [1.165, 1.54) is 0 Å². The normalized spacial score (nSPS) is 11.7. The van der Waals surface area contributed by atoms with Crippen molar-refractivity contribution < 1.29 is 8.42 Å². The van der Waals surface area contributed by atoms with Crippen molar-refractivity contribution in [3.63, 3.8) is 0 Å². The molecule has 3 rings (SSSR count). The summed E-state index contributed by atoms with van der Waals surface area (Å²) >= 11 is 0. The van der Waals surface area contributed by atoms with E-state index < -0.39 is 9.84 Å². The Bertz CT molecular complexity index is 890. The first-order valence-electron chi connectivity index (χ1n) is 6.83. The van der Waals surface area contributed by atoms with Gasteiger partial charge in [-0.1, -0.05) is 60.7 Å². The average Bonchev–Trinajstić information content (AvgIpc) is 2.47. The summed E-state index contributed by atoms with van der Waals surface area (Å²) in [5, 5.41) is 2.06. The van der Waals surface area contributed by atoms with Crippen LogP contribution < -0.4 is 0 Å². The Balaban J connectivity index is 2.08. The molecule has 21 heavy (non-hydrogen) atoms. The van der Waals surface area contributed by atoms with Crippen molar-refractivity contribution in [1.29, 1.82) is 0 Å². The van der Waals surface area contributed by atoms with E-state index in [2.05, 4.69) is 0 Å². The maximum atomic E-state index is 12.7. The van der Waals surface area contributed by atoms with Crippen LogP contribution in [0, 0.1) is 6.92 Å². The molecule has 3 aromatic rings. The molecule has 0 aliphatic heterocycles. The van der Waals surface area contributed by atoms with Gasteiger partial charge in [0.05, 0.1) is 10.6 Å². The van der Waals surface area contributed by atoms with Crippen molar-refractivity contribution in [2.45, 2.75) is 17.6 Å². The van der Waals surface area contributed by atoms with E-state index in [1.807, 2.05) is 61.5 Å². The summed E-state index contributed by atoms with van der Waals surface area (Å²) in [5.41, 5.74) is 1.63. The lowest BCUT2D eigenvalue weighted by Crippen LogP contribution is -2.07. The molecule has 0 saturated carbocycles. The molecule has 0 saturated heterocycles. The van der Waals surface area contributed by atoms with Gasteiger partial charge in [-0.25, -0.2) is 8.42 Å². The molecule has 0 heterocycles. The van der Waals surface area contributed by atoms with Crippen LogP contribution in [-0.4, -0.2) is 8.42 Å². The van der Waals surface area contributed by atoms with Crippen molar-refractivity contribution >= 4 is 20.6 Å². The van der Waals surface area contributed by atoms with Crippen LogP contribution in [0.15, 0.2) is 71.6 Å². The fraction of sp³-hybridized carbons (Fsp3) is 0.111. The second-order valence-corrected chi connectivity index (χ2v) is 7.12. The summed E-state index contributed by atoms with van der Waals surface area (Å²) < 4.78 is 25.3. The molecule has 0 N–H and O–H groups in total. The van der Waals surface area contributed by atoms with Gasteiger partial charge in [0.25, 0.3) is 0 Å². The summed E-state index contributed by atoms with van der Waals surface area (Å²) in [6.45, 7) is 1.83. The number of fused-ring (bicyclic) bond motifs is 1. The monoisotopic (exact) mass is 296 g/mol. The van der Waals surface area contributed by atoms with Crippen molar-refractivity contribution in [2.75, 3.05) is 0 Å². The predicted octanol–water partition coefficient (Wildman–Crippen LogP) is 4.12. The van der Waals surface area contributed by atoms with Crippen molar-refractivity contribution in [2.24, 2.45) is 0 Å². The van der Waals surface area contributed by atoms with Crippen LogP contribution in [0.2, 0.25) is 0 Å². The van der Waals surface area contributed by atoms with E-state index in [4.69, 9.17) is 0 Å². The summed E-state index contributed by atoms with van der Waals surface area (Å²) in [6, 6.07) is 20.8. The molecule has 0 aliphatic rings. The van der Waals surface area contributed by atoms with Gasteiger partial charge in [-0.15, -0.1) is 0 Å². The Hall–Kier alpha value is -2.13. The molecule has 0 fully saturated rings. The minimum atomic E-state index is -3.34. The lowest BCUT2D eigenvalue weighted by Gasteiger charge is -2.10. The van der Waals surface area contributed by atoms with E-state index >= 15 is 0 Å². The Kier molecular flexibility index (Phi) is 3.52. The van der Waals surface area contributed by atoms with Gasteiger partial charge < -0.3 is 0 Å². The molecule has 0 amide bonds. The summed E-state index contributed by atoms with van der Waals surface area (Å²) in [6.07, 6.45) is 0. The summed E-state index contributed by atoms with van der Waals surface area (Å²) in [4.78, 5) is 0.415. The van der Waals surface area contributed by atoms with Gasteiger partial charge >= 0.3 is 0 Å². The molecule has 0 bridgehead atoms. The molecule has 106 valence electrons. The average molecular weight is 296 g/mol. The second kappa shape index (κ2) is 5.34. The van der Waals surface area contributed by atoms with Crippen molar-refractivity contribution in [3.8, 4) is 0 Å². The smallest absolute Gasteiger partial charge is 0.182 e. The summed E-state index contributed by atoms with van der Waals surface area (Å²) in [5.74, 6) is 0.0270. The van der Waals surface area contributed by atoms with Crippen LogP contribution in [0.25, 0.3) is 10.8 Å². The quantitative estimate of drug-likeness (QED) is 0.728. The topological polar surface area (TPSA) is 34.1 Å². The maximum Gasteiger partial charge on any atom is 0.182 e. The third kappa shape index (κ3) is 2.69. The molecule has 0 spiro atoms. The number of hydrogen-bond donors (Lipinski definition) is 0. The largest absolute Gasteiger partial charge is 0.223 e. The zero-order chi connectivity index (χ0) is 14.9. The molecule has 0 atom stereocenters. The molecular formula is C18H16O2S. The number of sulfone groups is 1. The van der Waals surface area contributed by atoms with Gasteiger partial charge in [0.2, 0.25) is 0 Å². The number of rotatable bonds is 3. The molecule has 0 unspecified atom stereocenters. The molecule has 3 heteroatoms. The van der Waals surface area contributed by atoms with Crippen molar-refractivity contribution in [1.82, 2.24) is 0 Å². The van der Waals surface area contributed by atoms with E-state index in [1.54, 1.807) is 12.1 Å². The Morgan fingerprint density at radius 3 is 2.29 bits per heavy atom. The number of benzene rings is 3. The van der Waals surface area contributed by atoms with Crippen LogP contribution in [0.1, 0.15) is 11.1 Å². The van der Waals surface area contributed by atoms with Crippen LogP contribution >= 0.6 is 0 Å². The first-order chi connectivity index (χ1) is 10.1. The standard InChI is InChI=1S/C18H16O2S/c1-14-7-2-5-12-18(14)21(19,20)13-16-10-6-9-15-8-3-4-11-17(15)16/h2-12H,13H2,1H3. The highest BCUT2D eigenvalue weighted by atomic mass is 32.2. The zero-order valence-corrected chi connectivity index (χ0v) is 12.6. The minimum absolute atomic E-state index is 0.0270. The van der Waals surface area contributed by atoms with Crippen LogP contribution in [-0.2, 0) is 15.6 Å². The van der Waals surface area contributed by atoms with Gasteiger partial charge in [0, 0.05) is 0 Å². The first kappa shape index (κ1) is 13.8. The Morgan fingerprint density at radius 1 is 0.810 bits per heavy atom. The van der Waals surface area contributed by atoms with Crippen LogP contribution in [0.3, 0.4) is 0 Å². The lowest BCUT2D eigenvalue weighted by molar-refractivity contribution is 0.595. The van der Waals surface area contributed by atoms with Crippen LogP contribution in [0.5, 0.6) is 0 Å². The highest BCUT2D eigenvalue weighted by Crippen LogP contribution is 2.24.